The van der Waals surface area contributed by atoms with Crippen LogP contribution in [0.5, 0.6) is 0 Å². The lowest BCUT2D eigenvalue weighted by Crippen LogP contribution is -2.39. The van der Waals surface area contributed by atoms with Gasteiger partial charge in [0.2, 0.25) is 11.8 Å². The van der Waals surface area contributed by atoms with E-state index in [0.717, 1.165) is 17.7 Å². The van der Waals surface area contributed by atoms with Crippen LogP contribution in [0.1, 0.15) is 11.1 Å². The summed E-state index contributed by atoms with van der Waals surface area (Å²) in [5.41, 5.74) is 2.95. The molecule has 2 aromatic rings. The maximum atomic E-state index is 12.3. The lowest BCUT2D eigenvalue weighted by atomic mass is 10.1. The van der Waals surface area contributed by atoms with Crippen molar-refractivity contribution in [2.24, 2.45) is 0 Å². The number of anilines is 1. The minimum Gasteiger partial charge on any atom is -0.347 e. The van der Waals surface area contributed by atoms with E-state index in [4.69, 9.17) is 11.6 Å². The third-order valence-corrected chi connectivity index (χ3v) is 4.11. The molecule has 0 aliphatic carbocycles. The molecule has 1 aliphatic rings. The molecule has 0 atom stereocenters. The molecule has 2 amide bonds. The Morgan fingerprint density at radius 1 is 1.13 bits per heavy atom. The zero-order valence-electron chi connectivity index (χ0n) is 12.6. The molecule has 1 N–H and O–H groups in total. The third kappa shape index (κ3) is 3.71. The Bertz CT molecular complexity index is 745. The zero-order valence-corrected chi connectivity index (χ0v) is 13.3. The number of para-hydroxylation sites is 1. The minimum atomic E-state index is -0.187. The summed E-state index contributed by atoms with van der Waals surface area (Å²) in [5, 5.41) is 3.28. The predicted octanol–water partition coefficient (Wildman–Crippen LogP) is 2.59. The molecule has 0 spiro atoms. The van der Waals surface area contributed by atoms with Gasteiger partial charge >= 0.3 is 0 Å². The van der Waals surface area contributed by atoms with Gasteiger partial charge in [-0.05, 0) is 35.7 Å². The van der Waals surface area contributed by atoms with Crippen molar-refractivity contribution >= 4 is 29.1 Å². The fourth-order valence-electron chi connectivity index (χ4n) is 2.76. The maximum absolute atomic E-state index is 12.3. The normalized spacial score (nSPS) is 12.8. The highest BCUT2D eigenvalue weighted by atomic mass is 35.5. The number of hydrogen-bond acceptors (Lipinski definition) is 2. The summed E-state index contributed by atoms with van der Waals surface area (Å²) in [5.74, 6) is -0.275. The number of halogens is 1. The van der Waals surface area contributed by atoms with E-state index in [2.05, 4.69) is 5.32 Å². The summed E-state index contributed by atoms with van der Waals surface area (Å²) in [6, 6.07) is 15.0. The molecule has 23 heavy (non-hydrogen) atoms. The van der Waals surface area contributed by atoms with Gasteiger partial charge in [0.1, 0.15) is 0 Å². The van der Waals surface area contributed by atoms with Crippen molar-refractivity contribution in [3.63, 3.8) is 0 Å². The van der Waals surface area contributed by atoms with Crippen LogP contribution in [0.15, 0.2) is 48.5 Å². The van der Waals surface area contributed by atoms with Crippen molar-refractivity contribution in [2.45, 2.75) is 12.8 Å². The van der Waals surface area contributed by atoms with E-state index in [-0.39, 0.29) is 24.8 Å². The summed E-state index contributed by atoms with van der Waals surface area (Å²) in [7, 11) is 0. The van der Waals surface area contributed by atoms with E-state index in [1.54, 1.807) is 23.1 Å². The highest BCUT2D eigenvalue weighted by Gasteiger charge is 2.24. The molecule has 3 rings (SSSR count). The Morgan fingerprint density at radius 3 is 2.78 bits per heavy atom. The second kappa shape index (κ2) is 6.84. The Balaban J connectivity index is 1.54. The number of carbonyl (C=O) groups excluding carboxylic acids is 2. The van der Waals surface area contributed by atoms with Gasteiger partial charge in [-0.3, -0.25) is 9.59 Å². The number of fused-ring (bicyclic) bond motifs is 1. The van der Waals surface area contributed by atoms with Gasteiger partial charge in [-0.25, -0.2) is 0 Å². The van der Waals surface area contributed by atoms with Crippen molar-refractivity contribution in [3.8, 4) is 0 Å². The van der Waals surface area contributed by atoms with Gasteiger partial charge in [0.15, 0.2) is 0 Å². The van der Waals surface area contributed by atoms with Crippen molar-refractivity contribution in [3.05, 3.63) is 64.7 Å². The summed E-state index contributed by atoms with van der Waals surface area (Å²) < 4.78 is 0. The summed E-state index contributed by atoms with van der Waals surface area (Å²) in [6.45, 7) is 0.677. The molecule has 0 unspecified atom stereocenters. The summed E-state index contributed by atoms with van der Waals surface area (Å²) >= 11 is 5.90. The van der Waals surface area contributed by atoms with Gasteiger partial charge in [0.25, 0.3) is 0 Å². The third-order valence-electron chi connectivity index (χ3n) is 3.88. The average Bonchev–Trinajstić information content (AvgIpc) is 2.97. The van der Waals surface area contributed by atoms with Gasteiger partial charge in [0.05, 0.1) is 13.0 Å². The van der Waals surface area contributed by atoms with Crippen LogP contribution in [0.3, 0.4) is 0 Å². The van der Waals surface area contributed by atoms with E-state index < -0.39 is 0 Å². The lowest BCUT2D eigenvalue weighted by Gasteiger charge is -2.17. The molecule has 0 saturated carbocycles. The maximum Gasteiger partial charge on any atom is 0.246 e. The highest BCUT2D eigenvalue weighted by Crippen LogP contribution is 2.27. The smallest absolute Gasteiger partial charge is 0.246 e. The van der Waals surface area contributed by atoms with Gasteiger partial charge in [-0.15, -0.1) is 0 Å². The van der Waals surface area contributed by atoms with Gasteiger partial charge in [-0.1, -0.05) is 41.9 Å². The number of rotatable bonds is 4. The Labute approximate surface area is 140 Å². The summed E-state index contributed by atoms with van der Waals surface area (Å²) in [6.07, 6.45) is 1.07. The minimum absolute atomic E-state index is 0.00767. The second-order valence-corrected chi connectivity index (χ2v) is 5.94. The largest absolute Gasteiger partial charge is 0.347 e. The number of benzene rings is 2. The number of nitrogens with zero attached hydrogens (tertiary/aromatic N) is 1. The number of amides is 2. The molecule has 1 aliphatic heterocycles. The van der Waals surface area contributed by atoms with Crippen LogP contribution < -0.4 is 10.2 Å². The van der Waals surface area contributed by atoms with Crippen molar-refractivity contribution < 1.29 is 9.59 Å². The molecule has 0 saturated heterocycles. The Hall–Kier alpha value is -2.33. The van der Waals surface area contributed by atoms with Crippen LogP contribution in [0.2, 0.25) is 5.02 Å². The molecule has 0 aromatic heterocycles. The molecule has 4 nitrogen and oxygen atoms in total. The monoisotopic (exact) mass is 328 g/mol. The van der Waals surface area contributed by atoms with Crippen LogP contribution in [0, 0.1) is 0 Å². The van der Waals surface area contributed by atoms with Crippen LogP contribution in [-0.2, 0) is 22.4 Å². The second-order valence-electron chi connectivity index (χ2n) is 5.51. The molecule has 2 aromatic carbocycles. The first-order valence-electron chi connectivity index (χ1n) is 7.53. The molecule has 1 heterocycles. The molecule has 0 bridgehead atoms. The number of nitrogens with one attached hydrogen (secondary N) is 1. The Kier molecular flexibility index (Phi) is 4.63. The first kappa shape index (κ1) is 15.6. The van der Waals surface area contributed by atoms with Crippen LogP contribution >= 0.6 is 11.6 Å². The first-order chi connectivity index (χ1) is 11.1. The van der Waals surface area contributed by atoms with Gasteiger partial charge < -0.3 is 10.2 Å². The van der Waals surface area contributed by atoms with E-state index in [1.165, 1.54) is 5.56 Å². The molecular weight excluding hydrogens is 312 g/mol. The number of carbonyl (C=O) groups is 2. The standard InChI is InChI=1S/C18H17ClN2O2/c19-15-6-3-4-13(10-15)11-17(22)20-12-18(23)21-9-8-14-5-1-2-7-16(14)21/h1-7,10H,8-9,11-12H2,(H,20,22). The average molecular weight is 329 g/mol. The van der Waals surface area contributed by atoms with Crippen molar-refractivity contribution in [1.82, 2.24) is 5.32 Å². The van der Waals surface area contributed by atoms with E-state index >= 15 is 0 Å². The Morgan fingerprint density at radius 2 is 1.96 bits per heavy atom. The molecular formula is C18H17ClN2O2. The molecule has 5 heteroatoms. The van der Waals surface area contributed by atoms with E-state index in [0.29, 0.717) is 11.6 Å². The fourth-order valence-corrected chi connectivity index (χ4v) is 2.97. The topological polar surface area (TPSA) is 49.4 Å². The molecule has 0 fully saturated rings. The highest BCUT2D eigenvalue weighted by molar-refractivity contribution is 6.30. The van der Waals surface area contributed by atoms with E-state index in [9.17, 15) is 9.59 Å². The molecule has 118 valence electrons. The first-order valence-corrected chi connectivity index (χ1v) is 7.91. The summed E-state index contributed by atoms with van der Waals surface area (Å²) in [4.78, 5) is 26.0. The van der Waals surface area contributed by atoms with Gasteiger partial charge in [0, 0.05) is 17.3 Å². The van der Waals surface area contributed by atoms with Crippen LogP contribution in [-0.4, -0.2) is 24.9 Å². The van der Waals surface area contributed by atoms with Gasteiger partial charge in [-0.2, -0.15) is 0 Å². The van der Waals surface area contributed by atoms with Crippen LogP contribution in [0.4, 0.5) is 5.69 Å². The quantitative estimate of drug-likeness (QED) is 0.938. The van der Waals surface area contributed by atoms with E-state index in [1.807, 2.05) is 30.3 Å². The lowest BCUT2D eigenvalue weighted by molar-refractivity contribution is -0.124. The van der Waals surface area contributed by atoms with Crippen molar-refractivity contribution in [1.29, 1.82) is 0 Å². The van der Waals surface area contributed by atoms with Crippen molar-refractivity contribution in [2.75, 3.05) is 18.0 Å². The zero-order chi connectivity index (χ0) is 16.2. The number of hydrogen-bond donors (Lipinski definition) is 1. The predicted molar refractivity (Wildman–Crippen MR) is 90.7 cm³/mol. The SMILES string of the molecule is O=C(Cc1cccc(Cl)c1)NCC(=O)N1CCc2ccccc21. The fraction of sp³-hybridized carbons (Fsp3) is 0.222. The van der Waals surface area contributed by atoms with Crippen LogP contribution in [0.25, 0.3) is 0 Å². The molecule has 0 radical (unpaired) electrons.